The van der Waals surface area contributed by atoms with Gasteiger partial charge >= 0.3 is 29.6 Å². The Kier molecular flexibility index (Phi) is 7.32. The molecule has 0 unspecified atom stereocenters. The molecular weight excluding hydrogens is 133 g/mol. The monoisotopic (exact) mass is 135 g/mol. The van der Waals surface area contributed by atoms with Crippen LogP contribution < -0.4 is 34.7 Å². The molecule has 0 aromatic heterocycles. The van der Waals surface area contributed by atoms with Gasteiger partial charge in [0.1, 0.15) is 5.97 Å². The van der Waals surface area contributed by atoms with Gasteiger partial charge in [0.25, 0.3) is 0 Å². The van der Waals surface area contributed by atoms with Crippen LogP contribution >= 0.6 is 0 Å². The molecule has 0 fully saturated rings. The minimum atomic E-state index is -1.80. The summed E-state index contributed by atoms with van der Waals surface area (Å²) in [5, 5.41) is 17.2. The van der Waals surface area contributed by atoms with Crippen molar-refractivity contribution in [1.82, 2.24) is 0 Å². The summed E-state index contributed by atoms with van der Waals surface area (Å²) in [6.45, 7) is 0. The molecular formula is C4H2NNaO3. The summed E-state index contributed by atoms with van der Waals surface area (Å²) in [6, 6.07) is 1.38. The molecule has 0 radical (unpaired) electrons. The molecule has 0 amide bonds. The zero-order valence-corrected chi connectivity index (χ0v) is 6.88. The van der Waals surface area contributed by atoms with Gasteiger partial charge in [-0.25, -0.2) is 0 Å². The van der Waals surface area contributed by atoms with Crippen molar-refractivity contribution >= 4 is 11.8 Å². The van der Waals surface area contributed by atoms with Gasteiger partial charge in [0.15, 0.2) is 5.78 Å². The first-order chi connectivity index (χ1) is 3.68. The Morgan fingerprint density at radius 2 is 2.00 bits per heavy atom. The van der Waals surface area contributed by atoms with Crippen LogP contribution in [0, 0.1) is 11.3 Å². The molecule has 0 aromatic carbocycles. The van der Waals surface area contributed by atoms with Crippen LogP contribution in [0.15, 0.2) is 0 Å². The SMILES string of the molecule is N#CCC(=O)C(=O)[O-].[Na+]. The fourth-order valence-electron chi connectivity index (χ4n) is 0.144. The Balaban J connectivity index is 0. The van der Waals surface area contributed by atoms with Gasteiger partial charge < -0.3 is 9.90 Å². The minimum Gasteiger partial charge on any atom is -0.542 e. The predicted octanol–water partition coefficient (Wildman–Crippen LogP) is -4.78. The fraction of sp³-hybridized carbons (Fsp3) is 0.250. The maximum absolute atomic E-state index is 9.86. The molecule has 0 bridgehead atoms. The first-order valence-electron chi connectivity index (χ1n) is 1.79. The van der Waals surface area contributed by atoms with E-state index in [0.717, 1.165) is 0 Å². The van der Waals surface area contributed by atoms with Crippen molar-refractivity contribution < 1.29 is 44.3 Å². The van der Waals surface area contributed by atoms with Gasteiger partial charge in [0.2, 0.25) is 0 Å². The second-order valence-corrected chi connectivity index (χ2v) is 1.05. The summed E-state index contributed by atoms with van der Waals surface area (Å²) in [5.41, 5.74) is 0. The van der Waals surface area contributed by atoms with E-state index in [4.69, 9.17) is 5.26 Å². The number of hydrogen-bond acceptors (Lipinski definition) is 4. The summed E-state index contributed by atoms with van der Waals surface area (Å²) >= 11 is 0. The van der Waals surface area contributed by atoms with Crippen molar-refractivity contribution in [3.05, 3.63) is 0 Å². The normalized spacial score (nSPS) is 6.56. The van der Waals surface area contributed by atoms with Gasteiger partial charge in [-0.2, -0.15) is 5.26 Å². The van der Waals surface area contributed by atoms with Crippen LogP contribution in [-0.2, 0) is 9.59 Å². The molecule has 0 aliphatic carbocycles. The number of Topliss-reactive ketones (excluding diaryl/α,β-unsaturated/α-hetero) is 1. The van der Waals surface area contributed by atoms with Gasteiger partial charge in [0, 0.05) is 0 Å². The third-order valence-corrected chi connectivity index (χ3v) is 0.467. The number of carboxylic acid groups (broad SMARTS) is 1. The molecule has 0 saturated carbocycles. The van der Waals surface area contributed by atoms with E-state index in [0.29, 0.717) is 0 Å². The second kappa shape index (κ2) is 5.76. The van der Waals surface area contributed by atoms with E-state index in [1.54, 1.807) is 0 Å². The van der Waals surface area contributed by atoms with Gasteiger partial charge in [-0.05, 0) is 0 Å². The van der Waals surface area contributed by atoms with Crippen molar-refractivity contribution in [3.8, 4) is 6.07 Å². The Morgan fingerprint density at radius 1 is 1.56 bits per heavy atom. The maximum Gasteiger partial charge on any atom is 1.00 e. The summed E-state index contributed by atoms with van der Waals surface area (Å²) in [6.07, 6.45) is -0.609. The standard InChI is InChI=1S/C4H3NO3.Na/c5-2-1-3(6)4(7)8;/h1H2,(H,7,8);/q;+1/p-1. The van der Waals surface area contributed by atoms with Crippen LogP contribution in [0.4, 0.5) is 0 Å². The van der Waals surface area contributed by atoms with E-state index < -0.39 is 18.2 Å². The molecule has 5 heteroatoms. The average Bonchev–Trinajstić information content (AvgIpc) is 1.67. The Bertz CT molecular complexity index is 160. The van der Waals surface area contributed by atoms with Gasteiger partial charge in [-0.3, -0.25) is 4.79 Å². The first-order valence-corrected chi connectivity index (χ1v) is 1.79. The van der Waals surface area contributed by atoms with Gasteiger partial charge in [0.05, 0.1) is 12.5 Å². The number of nitriles is 1. The van der Waals surface area contributed by atoms with E-state index in [2.05, 4.69) is 0 Å². The molecule has 0 spiro atoms. The molecule has 0 N–H and O–H groups in total. The zero-order valence-electron chi connectivity index (χ0n) is 4.88. The van der Waals surface area contributed by atoms with Crippen LogP contribution in [0.25, 0.3) is 0 Å². The van der Waals surface area contributed by atoms with Crippen LogP contribution in [0.5, 0.6) is 0 Å². The summed E-state index contributed by atoms with van der Waals surface area (Å²) in [4.78, 5) is 19.3. The van der Waals surface area contributed by atoms with Gasteiger partial charge in [-0.15, -0.1) is 0 Å². The van der Waals surface area contributed by atoms with Crippen molar-refractivity contribution in [2.75, 3.05) is 0 Å². The van der Waals surface area contributed by atoms with Crippen LogP contribution in [-0.4, -0.2) is 11.8 Å². The molecule has 0 aliphatic rings. The quantitative estimate of drug-likeness (QED) is 0.281. The van der Waals surface area contributed by atoms with Crippen molar-refractivity contribution in [3.63, 3.8) is 0 Å². The predicted molar refractivity (Wildman–Crippen MR) is 20.2 cm³/mol. The fourth-order valence-corrected chi connectivity index (χ4v) is 0.144. The first kappa shape index (κ1) is 11.4. The molecule has 42 valence electrons. The van der Waals surface area contributed by atoms with Gasteiger partial charge in [-0.1, -0.05) is 0 Å². The van der Waals surface area contributed by atoms with E-state index in [9.17, 15) is 14.7 Å². The molecule has 9 heavy (non-hydrogen) atoms. The minimum absolute atomic E-state index is 0. The molecule has 0 saturated heterocycles. The number of aliphatic carboxylic acids is 1. The number of nitrogens with zero attached hydrogens (tertiary/aromatic N) is 1. The molecule has 4 nitrogen and oxygen atoms in total. The molecule has 0 aromatic rings. The third kappa shape index (κ3) is 5.50. The third-order valence-electron chi connectivity index (χ3n) is 0.467. The van der Waals surface area contributed by atoms with Crippen LogP contribution in [0.3, 0.4) is 0 Å². The van der Waals surface area contributed by atoms with E-state index >= 15 is 0 Å². The summed E-state index contributed by atoms with van der Waals surface area (Å²) in [7, 11) is 0. The second-order valence-electron chi connectivity index (χ2n) is 1.05. The summed E-state index contributed by atoms with van der Waals surface area (Å²) in [5.74, 6) is -2.97. The van der Waals surface area contributed by atoms with E-state index in [-0.39, 0.29) is 29.6 Å². The maximum atomic E-state index is 9.86. The molecule has 0 aliphatic heterocycles. The van der Waals surface area contributed by atoms with Crippen LogP contribution in [0.1, 0.15) is 6.42 Å². The van der Waals surface area contributed by atoms with Crippen molar-refractivity contribution in [1.29, 1.82) is 5.26 Å². The number of ketones is 1. The number of hydrogen-bond donors (Lipinski definition) is 0. The molecule has 0 rings (SSSR count). The van der Waals surface area contributed by atoms with Crippen molar-refractivity contribution in [2.45, 2.75) is 6.42 Å². The Morgan fingerprint density at radius 3 is 2.11 bits per heavy atom. The smallest absolute Gasteiger partial charge is 0.542 e. The van der Waals surface area contributed by atoms with Crippen molar-refractivity contribution in [2.24, 2.45) is 0 Å². The Hall–Kier alpha value is -0.370. The number of carbonyl (C=O) groups is 2. The largest absolute Gasteiger partial charge is 1.00 e. The van der Waals surface area contributed by atoms with E-state index in [1.807, 2.05) is 0 Å². The number of carbonyl (C=O) groups excluding carboxylic acids is 2. The average molecular weight is 135 g/mol. The summed E-state index contributed by atoms with van der Waals surface area (Å²) < 4.78 is 0. The zero-order chi connectivity index (χ0) is 6.57. The van der Waals surface area contributed by atoms with Crippen LogP contribution in [0.2, 0.25) is 0 Å². The Labute approximate surface area is 73.8 Å². The molecule has 0 heterocycles. The molecule has 0 atom stereocenters. The number of rotatable bonds is 2. The topological polar surface area (TPSA) is 81.0 Å². The number of carboxylic acids is 1. The van der Waals surface area contributed by atoms with E-state index in [1.165, 1.54) is 6.07 Å².